The fourth-order valence-corrected chi connectivity index (χ4v) is 6.95. The lowest BCUT2D eigenvalue weighted by Gasteiger charge is -2.20. The monoisotopic (exact) mass is 626 g/mol. The van der Waals surface area contributed by atoms with E-state index in [2.05, 4.69) is 10.6 Å². The molecule has 1 saturated carbocycles. The van der Waals surface area contributed by atoms with Crippen LogP contribution in [0.4, 0.5) is 0 Å². The van der Waals surface area contributed by atoms with Gasteiger partial charge in [0, 0.05) is 51.4 Å². The molecule has 2 aliphatic rings. The van der Waals surface area contributed by atoms with E-state index in [0.717, 1.165) is 50.0 Å². The Balaban J connectivity index is 0.00000294. The fraction of sp³-hybridized carbons (Fsp3) is 0.581. The number of carbonyl (C=O) groups is 1. The summed E-state index contributed by atoms with van der Waals surface area (Å²) in [7, 11) is -1.88. The second kappa shape index (κ2) is 18.1. The SMILES string of the molecule is CN(CCCCNCCNC1CCCCCC1)S(=O)(=O)c1ccc2c(c1)CCN(C(=O)c1ccccc1)CC2.Cl.Cl. The van der Waals surface area contributed by atoms with Gasteiger partial charge in [0.05, 0.1) is 4.90 Å². The lowest BCUT2D eigenvalue weighted by atomic mass is 10.0. The van der Waals surface area contributed by atoms with Crippen molar-refractivity contribution in [3.05, 3.63) is 65.2 Å². The Morgan fingerprint density at radius 2 is 1.56 bits per heavy atom. The summed E-state index contributed by atoms with van der Waals surface area (Å²) < 4.78 is 28.0. The number of rotatable bonds is 12. The first kappa shape index (κ1) is 35.5. The molecule has 2 aromatic rings. The standard InChI is InChI=1S/C31H46N4O3S.2ClH/c1-34(22-10-9-19-32-20-21-33-29-13-7-2-3-8-14-29)39(37,38)30-16-15-26-17-23-35(24-18-28(26)25-30)31(36)27-11-5-4-6-12-27;;/h4-6,11-12,15-16,25,29,32-33H,2-3,7-10,13-14,17-24H2,1H3;2*1H. The van der Waals surface area contributed by atoms with Crippen molar-refractivity contribution < 1.29 is 13.2 Å². The Labute approximate surface area is 259 Å². The molecule has 0 bridgehead atoms. The predicted molar refractivity (Wildman–Crippen MR) is 172 cm³/mol. The van der Waals surface area contributed by atoms with Crippen LogP contribution in [-0.4, -0.2) is 75.9 Å². The Kier molecular flexibility index (Phi) is 15.7. The number of unbranched alkanes of at least 4 members (excludes halogenated alkanes) is 1. The molecule has 0 radical (unpaired) electrons. The zero-order valence-corrected chi connectivity index (χ0v) is 26.8. The number of sulfonamides is 1. The average molecular weight is 628 g/mol. The van der Waals surface area contributed by atoms with Gasteiger partial charge in [-0.15, -0.1) is 24.8 Å². The van der Waals surface area contributed by atoms with E-state index in [1.807, 2.05) is 47.4 Å². The van der Waals surface area contributed by atoms with Gasteiger partial charge in [0.1, 0.15) is 0 Å². The third-order valence-electron chi connectivity index (χ3n) is 8.16. The van der Waals surface area contributed by atoms with Gasteiger partial charge in [0.15, 0.2) is 0 Å². The molecule has 10 heteroatoms. The number of amides is 1. The fourth-order valence-electron chi connectivity index (χ4n) is 5.69. The van der Waals surface area contributed by atoms with Crippen LogP contribution in [0.1, 0.15) is 72.9 Å². The van der Waals surface area contributed by atoms with Crippen molar-refractivity contribution in [2.75, 3.05) is 46.3 Å². The highest BCUT2D eigenvalue weighted by Crippen LogP contribution is 2.23. The minimum Gasteiger partial charge on any atom is -0.338 e. The summed E-state index contributed by atoms with van der Waals surface area (Å²) in [5.74, 6) is 0.0290. The maximum absolute atomic E-state index is 13.3. The normalized spacial score (nSPS) is 16.2. The number of hydrogen-bond donors (Lipinski definition) is 2. The number of nitrogens with one attached hydrogen (secondary N) is 2. The quantitative estimate of drug-likeness (QED) is 0.254. The second-order valence-electron chi connectivity index (χ2n) is 11.0. The van der Waals surface area contributed by atoms with Crippen molar-refractivity contribution in [2.24, 2.45) is 0 Å². The summed E-state index contributed by atoms with van der Waals surface area (Å²) in [4.78, 5) is 15.1. The number of benzene rings is 2. The highest BCUT2D eigenvalue weighted by atomic mass is 35.5. The van der Waals surface area contributed by atoms with Crippen molar-refractivity contribution in [3.63, 3.8) is 0 Å². The lowest BCUT2D eigenvalue weighted by molar-refractivity contribution is 0.0763. The van der Waals surface area contributed by atoms with E-state index < -0.39 is 10.0 Å². The van der Waals surface area contributed by atoms with E-state index in [0.29, 0.717) is 42.6 Å². The molecule has 0 unspecified atom stereocenters. The summed E-state index contributed by atoms with van der Waals surface area (Å²) in [5, 5.41) is 7.17. The van der Waals surface area contributed by atoms with E-state index in [1.54, 1.807) is 13.1 Å². The van der Waals surface area contributed by atoms with Crippen LogP contribution in [-0.2, 0) is 22.9 Å². The van der Waals surface area contributed by atoms with Crippen LogP contribution in [0.2, 0.25) is 0 Å². The Morgan fingerprint density at radius 1 is 0.878 bits per heavy atom. The van der Waals surface area contributed by atoms with E-state index in [9.17, 15) is 13.2 Å². The highest BCUT2D eigenvalue weighted by Gasteiger charge is 2.24. The van der Waals surface area contributed by atoms with Gasteiger partial charge in [-0.25, -0.2) is 12.7 Å². The number of halogens is 2. The van der Waals surface area contributed by atoms with Crippen LogP contribution in [0.3, 0.4) is 0 Å². The maximum atomic E-state index is 13.3. The zero-order valence-electron chi connectivity index (χ0n) is 24.4. The summed E-state index contributed by atoms with van der Waals surface area (Å²) in [5.41, 5.74) is 2.84. The minimum absolute atomic E-state index is 0. The maximum Gasteiger partial charge on any atom is 0.253 e. The molecule has 1 aliphatic carbocycles. The van der Waals surface area contributed by atoms with Gasteiger partial charge in [0.25, 0.3) is 5.91 Å². The first-order valence-corrected chi connectivity index (χ1v) is 16.3. The Hall–Kier alpha value is -1.68. The van der Waals surface area contributed by atoms with Crippen molar-refractivity contribution in [2.45, 2.75) is 75.1 Å². The second-order valence-corrected chi connectivity index (χ2v) is 13.1. The molecule has 0 atom stereocenters. The van der Waals surface area contributed by atoms with Crippen LogP contribution in [0.5, 0.6) is 0 Å². The van der Waals surface area contributed by atoms with E-state index >= 15 is 0 Å². The highest BCUT2D eigenvalue weighted by molar-refractivity contribution is 7.89. The van der Waals surface area contributed by atoms with Crippen molar-refractivity contribution >= 4 is 40.7 Å². The van der Waals surface area contributed by atoms with Gasteiger partial charge in [-0.1, -0.05) is 49.9 Å². The first-order chi connectivity index (χ1) is 18.9. The van der Waals surface area contributed by atoms with Crippen molar-refractivity contribution in [3.8, 4) is 0 Å². The summed E-state index contributed by atoms with van der Waals surface area (Å²) in [6.07, 6.45) is 11.2. The Morgan fingerprint density at radius 3 is 2.27 bits per heavy atom. The third kappa shape index (κ3) is 10.5. The van der Waals surface area contributed by atoms with Crippen molar-refractivity contribution in [1.29, 1.82) is 0 Å². The zero-order chi connectivity index (χ0) is 27.5. The molecule has 0 spiro atoms. The van der Waals surface area contributed by atoms with Crippen LogP contribution in [0, 0.1) is 0 Å². The topological polar surface area (TPSA) is 81.8 Å². The third-order valence-corrected chi connectivity index (χ3v) is 10.0. The largest absolute Gasteiger partial charge is 0.338 e. The number of fused-ring (bicyclic) bond motifs is 1. The minimum atomic E-state index is -3.55. The molecule has 2 aromatic carbocycles. The van der Waals surface area contributed by atoms with Gasteiger partial charge >= 0.3 is 0 Å². The molecule has 1 amide bonds. The van der Waals surface area contributed by atoms with Crippen LogP contribution in [0.15, 0.2) is 53.4 Å². The van der Waals surface area contributed by atoms with Crippen LogP contribution < -0.4 is 10.6 Å². The molecule has 41 heavy (non-hydrogen) atoms. The molecule has 4 rings (SSSR count). The van der Waals surface area contributed by atoms with Gasteiger partial charge in [0.2, 0.25) is 10.0 Å². The molecule has 0 saturated heterocycles. The summed E-state index contributed by atoms with van der Waals surface area (Å²) in [6.45, 7) is 4.57. The predicted octanol–water partition coefficient (Wildman–Crippen LogP) is 5.07. The molecular formula is C31H48Cl2N4O3S. The molecule has 0 aromatic heterocycles. The summed E-state index contributed by atoms with van der Waals surface area (Å²) in [6, 6.07) is 15.5. The molecule has 1 heterocycles. The van der Waals surface area contributed by atoms with E-state index in [4.69, 9.17) is 0 Å². The van der Waals surface area contributed by atoms with Crippen LogP contribution in [0.25, 0.3) is 0 Å². The number of carbonyl (C=O) groups excluding carboxylic acids is 1. The van der Waals surface area contributed by atoms with E-state index in [1.165, 1.54) is 42.8 Å². The molecule has 7 nitrogen and oxygen atoms in total. The van der Waals surface area contributed by atoms with E-state index in [-0.39, 0.29) is 30.7 Å². The molecule has 2 N–H and O–H groups in total. The molecule has 230 valence electrons. The van der Waals surface area contributed by atoms with Gasteiger partial charge < -0.3 is 15.5 Å². The molecular weight excluding hydrogens is 579 g/mol. The average Bonchev–Trinajstić information content (AvgIpc) is 3.35. The first-order valence-electron chi connectivity index (χ1n) is 14.8. The molecule has 1 aliphatic heterocycles. The van der Waals surface area contributed by atoms with Gasteiger partial charge in [-0.05, 0) is 80.5 Å². The van der Waals surface area contributed by atoms with Crippen molar-refractivity contribution in [1.82, 2.24) is 19.8 Å². The van der Waals surface area contributed by atoms with Gasteiger partial charge in [-0.3, -0.25) is 4.79 Å². The number of nitrogens with zero attached hydrogens (tertiary/aromatic N) is 2. The smallest absolute Gasteiger partial charge is 0.253 e. The number of hydrogen-bond acceptors (Lipinski definition) is 5. The summed E-state index contributed by atoms with van der Waals surface area (Å²) >= 11 is 0. The molecule has 1 fully saturated rings. The Bertz CT molecular complexity index is 1160. The lowest BCUT2D eigenvalue weighted by Crippen LogP contribution is -2.35. The van der Waals surface area contributed by atoms with Gasteiger partial charge in [-0.2, -0.15) is 0 Å². The van der Waals surface area contributed by atoms with Crippen LogP contribution >= 0.6 is 24.8 Å².